The predicted molar refractivity (Wildman–Crippen MR) is 101 cm³/mol. The predicted octanol–water partition coefficient (Wildman–Crippen LogP) is 4.13. The van der Waals surface area contributed by atoms with E-state index in [0.29, 0.717) is 24.0 Å². The molecule has 0 bridgehead atoms. The summed E-state index contributed by atoms with van der Waals surface area (Å²) in [6.07, 6.45) is 0. The largest absolute Gasteiger partial charge is 0.490 e. The lowest BCUT2D eigenvalue weighted by Crippen LogP contribution is -2.09. The zero-order valence-electron chi connectivity index (χ0n) is 13.8. The van der Waals surface area contributed by atoms with Gasteiger partial charge in [0.05, 0.1) is 11.7 Å². The standard InChI is InChI=1S/C19H19ClO4S/c1-2-3-16(14-25(21)22)15-4-8-18(9-5-15)23-12-13-24-19-10-6-17(20)7-11-19/h4-11,16H,12-14H2,1H3,(H,21,22). The smallest absolute Gasteiger partial charge is 0.154 e. The van der Waals surface area contributed by atoms with Crippen molar-refractivity contribution in [2.75, 3.05) is 19.0 Å². The first-order valence-corrected chi connectivity index (χ1v) is 9.34. The monoisotopic (exact) mass is 378 g/mol. The minimum absolute atomic E-state index is 0.0932. The molecule has 0 radical (unpaired) electrons. The molecule has 0 aromatic heterocycles. The summed E-state index contributed by atoms with van der Waals surface area (Å²) in [5.41, 5.74) is 0.890. The van der Waals surface area contributed by atoms with Crippen molar-refractivity contribution in [2.45, 2.75) is 12.8 Å². The molecule has 132 valence electrons. The molecule has 1 N–H and O–H groups in total. The molecule has 25 heavy (non-hydrogen) atoms. The third-order valence-electron chi connectivity index (χ3n) is 3.34. The van der Waals surface area contributed by atoms with Gasteiger partial charge in [0.15, 0.2) is 11.1 Å². The van der Waals surface area contributed by atoms with Crippen LogP contribution in [-0.2, 0) is 11.1 Å². The molecule has 6 heteroatoms. The van der Waals surface area contributed by atoms with Crippen molar-refractivity contribution in [1.29, 1.82) is 0 Å². The maximum Gasteiger partial charge on any atom is 0.154 e. The molecule has 2 aromatic carbocycles. The van der Waals surface area contributed by atoms with Crippen LogP contribution in [0.5, 0.6) is 11.5 Å². The van der Waals surface area contributed by atoms with Gasteiger partial charge in [0.1, 0.15) is 24.7 Å². The summed E-state index contributed by atoms with van der Waals surface area (Å²) < 4.78 is 31.3. The second-order valence-corrected chi connectivity index (χ2v) is 6.57. The zero-order chi connectivity index (χ0) is 18.1. The van der Waals surface area contributed by atoms with Crippen molar-refractivity contribution in [3.8, 4) is 23.3 Å². The highest BCUT2D eigenvalue weighted by molar-refractivity contribution is 7.79. The van der Waals surface area contributed by atoms with Gasteiger partial charge in [-0.25, -0.2) is 4.21 Å². The van der Waals surface area contributed by atoms with Crippen LogP contribution in [0.15, 0.2) is 48.5 Å². The molecule has 0 aliphatic heterocycles. The van der Waals surface area contributed by atoms with E-state index in [4.69, 9.17) is 25.6 Å². The van der Waals surface area contributed by atoms with Gasteiger partial charge < -0.3 is 14.0 Å². The molecule has 2 rings (SSSR count). The lowest BCUT2D eigenvalue weighted by atomic mass is 10.0. The molecule has 0 fully saturated rings. The van der Waals surface area contributed by atoms with E-state index < -0.39 is 11.1 Å². The Kier molecular flexibility index (Phi) is 7.80. The molecule has 4 nitrogen and oxygen atoms in total. The third kappa shape index (κ3) is 6.79. The van der Waals surface area contributed by atoms with Crippen LogP contribution in [0.4, 0.5) is 0 Å². The molecule has 0 heterocycles. The summed E-state index contributed by atoms with van der Waals surface area (Å²) >= 11 is 3.93. The zero-order valence-corrected chi connectivity index (χ0v) is 15.3. The van der Waals surface area contributed by atoms with Gasteiger partial charge >= 0.3 is 0 Å². The Balaban J connectivity index is 1.83. The van der Waals surface area contributed by atoms with Crippen molar-refractivity contribution < 1.29 is 18.2 Å². The highest BCUT2D eigenvalue weighted by Crippen LogP contribution is 2.20. The average molecular weight is 379 g/mol. The van der Waals surface area contributed by atoms with Crippen LogP contribution in [0.2, 0.25) is 5.02 Å². The van der Waals surface area contributed by atoms with Crippen LogP contribution in [0.25, 0.3) is 0 Å². The van der Waals surface area contributed by atoms with Crippen LogP contribution >= 0.6 is 11.6 Å². The minimum Gasteiger partial charge on any atom is -0.490 e. The van der Waals surface area contributed by atoms with Crippen LogP contribution in [0.1, 0.15) is 18.4 Å². The van der Waals surface area contributed by atoms with Gasteiger partial charge in [-0.1, -0.05) is 29.7 Å². The molecule has 2 unspecified atom stereocenters. The fourth-order valence-corrected chi connectivity index (χ4v) is 2.87. The lowest BCUT2D eigenvalue weighted by Gasteiger charge is -2.11. The van der Waals surface area contributed by atoms with Crippen molar-refractivity contribution in [1.82, 2.24) is 0 Å². The first-order chi connectivity index (χ1) is 12.1. The van der Waals surface area contributed by atoms with E-state index in [1.165, 1.54) is 0 Å². The first kappa shape index (κ1) is 19.3. The summed E-state index contributed by atoms with van der Waals surface area (Å²) in [6, 6.07) is 14.5. The Morgan fingerprint density at radius 1 is 1.04 bits per heavy atom. The van der Waals surface area contributed by atoms with Crippen molar-refractivity contribution >= 4 is 22.7 Å². The van der Waals surface area contributed by atoms with E-state index in [9.17, 15) is 4.21 Å². The molecule has 0 aliphatic carbocycles. The molecule has 0 spiro atoms. The fraction of sp³-hybridized carbons (Fsp3) is 0.263. The summed E-state index contributed by atoms with van der Waals surface area (Å²) in [5.74, 6) is 7.02. The number of hydrogen-bond acceptors (Lipinski definition) is 3. The first-order valence-electron chi connectivity index (χ1n) is 7.69. The molecule has 2 aromatic rings. The average Bonchev–Trinajstić information content (AvgIpc) is 2.60. The van der Waals surface area contributed by atoms with Crippen LogP contribution in [-0.4, -0.2) is 27.7 Å². The Morgan fingerprint density at radius 2 is 1.56 bits per heavy atom. The van der Waals surface area contributed by atoms with E-state index in [2.05, 4.69) is 11.8 Å². The maximum absolute atomic E-state index is 11.0. The fourth-order valence-electron chi connectivity index (χ4n) is 2.18. The molecule has 0 saturated heterocycles. The van der Waals surface area contributed by atoms with Crippen molar-refractivity contribution in [3.63, 3.8) is 0 Å². The highest BCUT2D eigenvalue weighted by Gasteiger charge is 2.11. The Labute approximate surface area is 155 Å². The van der Waals surface area contributed by atoms with Gasteiger partial charge in [0, 0.05) is 5.02 Å². The summed E-state index contributed by atoms with van der Waals surface area (Å²) in [5, 5.41) is 0.666. The molecular weight excluding hydrogens is 360 g/mol. The molecule has 0 saturated carbocycles. The normalized spacial score (nSPS) is 12.6. The number of halogens is 1. The number of rotatable bonds is 8. The SMILES string of the molecule is CC#CC(CS(=O)O)c1ccc(OCCOc2ccc(Cl)cc2)cc1. The van der Waals surface area contributed by atoms with E-state index in [-0.39, 0.29) is 11.7 Å². The third-order valence-corrected chi connectivity index (χ3v) is 4.22. The molecule has 0 amide bonds. The minimum atomic E-state index is -1.89. The Hall–Kier alpha value is -2.00. The lowest BCUT2D eigenvalue weighted by molar-refractivity contribution is 0.217. The second-order valence-electron chi connectivity index (χ2n) is 5.15. The summed E-state index contributed by atoms with van der Waals surface area (Å²) in [7, 11) is 0. The van der Waals surface area contributed by atoms with E-state index in [1.54, 1.807) is 31.2 Å². The van der Waals surface area contributed by atoms with Gasteiger partial charge in [0.25, 0.3) is 0 Å². The van der Waals surface area contributed by atoms with Crippen LogP contribution < -0.4 is 9.47 Å². The Bertz CT molecular complexity index is 748. The van der Waals surface area contributed by atoms with Gasteiger partial charge in [-0.05, 0) is 48.9 Å². The number of benzene rings is 2. The summed E-state index contributed by atoms with van der Waals surface area (Å²) in [4.78, 5) is 0. The highest BCUT2D eigenvalue weighted by atomic mass is 35.5. The van der Waals surface area contributed by atoms with Crippen LogP contribution in [0, 0.1) is 11.8 Å². The van der Waals surface area contributed by atoms with E-state index in [1.807, 2.05) is 24.3 Å². The number of hydrogen-bond donors (Lipinski definition) is 1. The number of ether oxygens (including phenoxy) is 2. The molecule has 0 aliphatic rings. The van der Waals surface area contributed by atoms with Crippen molar-refractivity contribution in [2.24, 2.45) is 0 Å². The topological polar surface area (TPSA) is 55.8 Å². The molecule has 2 atom stereocenters. The quantitative estimate of drug-likeness (QED) is 0.426. The summed E-state index contributed by atoms with van der Waals surface area (Å²) in [6.45, 7) is 2.53. The van der Waals surface area contributed by atoms with Gasteiger partial charge in [0.2, 0.25) is 0 Å². The van der Waals surface area contributed by atoms with Crippen molar-refractivity contribution in [3.05, 3.63) is 59.1 Å². The van der Waals surface area contributed by atoms with Crippen LogP contribution in [0.3, 0.4) is 0 Å². The maximum atomic E-state index is 11.0. The van der Waals surface area contributed by atoms with Gasteiger partial charge in [-0.3, -0.25) is 0 Å². The van der Waals surface area contributed by atoms with E-state index >= 15 is 0 Å². The van der Waals surface area contributed by atoms with E-state index in [0.717, 1.165) is 11.3 Å². The second kappa shape index (κ2) is 10.1. The molecular formula is C19H19ClO4S. The Morgan fingerprint density at radius 3 is 2.04 bits per heavy atom. The van der Waals surface area contributed by atoms with Gasteiger partial charge in [-0.15, -0.1) is 5.92 Å². The van der Waals surface area contributed by atoms with Gasteiger partial charge in [-0.2, -0.15) is 0 Å².